The minimum atomic E-state index is -0.462. The van der Waals surface area contributed by atoms with Crippen LogP contribution in [-0.4, -0.2) is 25.5 Å². The molecule has 1 aromatic carbocycles. The SMILES string of the molecule is COC(=O)C1CC(=O)N(c2cccc(F)c2)C1. The van der Waals surface area contributed by atoms with Gasteiger partial charge in [-0.25, -0.2) is 4.39 Å². The second-order valence-electron chi connectivity index (χ2n) is 3.91. The molecule has 0 saturated carbocycles. The van der Waals surface area contributed by atoms with E-state index in [1.807, 2.05) is 0 Å². The highest BCUT2D eigenvalue weighted by Gasteiger charge is 2.35. The number of carbonyl (C=O) groups excluding carboxylic acids is 2. The van der Waals surface area contributed by atoms with Gasteiger partial charge in [-0.05, 0) is 18.2 Å². The fourth-order valence-corrected chi connectivity index (χ4v) is 1.93. The van der Waals surface area contributed by atoms with Crippen LogP contribution < -0.4 is 4.90 Å². The molecule has 0 spiro atoms. The van der Waals surface area contributed by atoms with Gasteiger partial charge in [-0.1, -0.05) is 6.07 Å². The highest BCUT2D eigenvalue weighted by atomic mass is 19.1. The Kier molecular flexibility index (Phi) is 3.08. The van der Waals surface area contributed by atoms with Crippen LogP contribution in [-0.2, 0) is 14.3 Å². The van der Waals surface area contributed by atoms with Crippen molar-refractivity contribution in [3.63, 3.8) is 0 Å². The minimum Gasteiger partial charge on any atom is -0.469 e. The first-order chi connectivity index (χ1) is 8.11. The van der Waals surface area contributed by atoms with Crippen molar-refractivity contribution in [3.05, 3.63) is 30.1 Å². The number of hydrogen-bond acceptors (Lipinski definition) is 3. The van der Waals surface area contributed by atoms with E-state index in [0.29, 0.717) is 5.69 Å². The van der Waals surface area contributed by atoms with Crippen molar-refractivity contribution in [1.29, 1.82) is 0 Å². The zero-order chi connectivity index (χ0) is 12.4. The summed E-state index contributed by atoms with van der Waals surface area (Å²) in [4.78, 5) is 24.4. The van der Waals surface area contributed by atoms with Crippen LogP contribution in [0.5, 0.6) is 0 Å². The summed E-state index contributed by atoms with van der Waals surface area (Å²) in [5.41, 5.74) is 0.474. The average Bonchev–Trinajstić information content (AvgIpc) is 2.70. The van der Waals surface area contributed by atoms with Crippen molar-refractivity contribution in [1.82, 2.24) is 0 Å². The van der Waals surface area contributed by atoms with Gasteiger partial charge in [0.05, 0.1) is 13.0 Å². The molecule has 1 heterocycles. The first-order valence-corrected chi connectivity index (χ1v) is 5.25. The molecule has 0 radical (unpaired) electrons. The minimum absolute atomic E-state index is 0.114. The lowest BCUT2D eigenvalue weighted by Gasteiger charge is -2.16. The molecule has 1 amide bonds. The number of nitrogens with zero attached hydrogens (tertiary/aromatic N) is 1. The van der Waals surface area contributed by atoms with Crippen molar-refractivity contribution in [2.45, 2.75) is 6.42 Å². The Bertz CT molecular complexity index is 461. The number of rotatable bonds is 2. The zero-order valence-electron chi connectivity index (χ0n) is 9.35. The Labute approximate surface area is 98.0 Å². The van der Waals surface area contributed by atoms with Crippen LogP contribution >= 0.6 is 0 Å². The normalized spacial score (nSPS) is 19.5. The Morgan fingerprint density at radius 1 is 1.53 bits per heavy atom. The van der Waals surface area contributed by atoms with Crippen molar-refractivity contribution in [2.75, 3.05) is 18.6 Å². The van der Waals surface area contributed by atoms with Crippen LogP contribution in [0.25, 0.3) is 0 Å². The van der Waals surface area contributed by atoms with Gasteiger partial charge < -0.3 is 9.64 Å². The standard InChI is InChI=1S/C12H12FNO3/c1-17-12(16)8-5-11(15)14(7-8)10-4-2-3-9(13)6-10/h2-4,6,8H,5,7H2,1H3. The van der Waals surface area contributed by atoms with E-state index in [4.69, 9.17) is 0 Å². The first-order valence-electron chi connectivity index (χ1n) is 5.25. The molecule has 1 unspecified atom stereocenters. The summed E-state index contributed by atoms with van der Waals surface area (Å²) in [5, 5.41) is 0. The molecule has 5 heteroatoms. The number of esters is 1. The van der Waals surface area contributed by atoms with Gasteiger partial charge in [0.15, 0.2) is 0 Å². The van der Waals surface area contributed by atoms with Gasteiger partial charge in [0, 0.05) is 18.7 Å². The van der Waals surface area contributed by atoms with E-state index in [2.05, 4.69) is 4.74 Å². The van der Waals surface area contributed by atoms with Crippen molar-refractivity contribution < 1.29 is 18.7 Å². The maximum atomic E-state index is 13.0. The Hall–Kier alpha value is -1.91. The molecule has 0 aromatic heterocycles. The zero-order valence-corrected chi connectivity index (χ0v) is 9.35. The van der Waals surface area contributed by atoms with Gasteiger partial charge in [-0.2, -0.15) is 0 Å². The predicted octanol–water partition coefficient (Wildman–Crippen LogP) is 1.35. The van der Waals surface area contributed by atoms with Crippen LogP contribution in [0.2, 0.25) is 0 Å². The highest BCUT2D eigenvalue weighted by Crippen LogP contribution is 2.26. The third-order valence-corrected chi connectivity index (χ3v) is 2.78. The number of carbonyl (C=O) groups is 2. The molecular weight excluding hydrogens is 225 g/mol. The van der Waals surface area contributed by atoms with Crippen LogP contribution in [0.15, 0.2) is 24.3 Å². The summed E-state index contributed by atoms with van der Waals surface area (Å²) in [7, 11) is 1.29. The lowest BCUT2D eigenvalue weighted by molar-refractivity contribution is -0.145. The smallest absolute Gasteiger partial charge is 0.311 e. The third kappa shape index (κ3) is 2.27. The van der Waals surface area contributed by atoms with E-state index in [1.54, 1.807) is 6.07 Å². The van der Waals surface area contributed by atoms with Crippen molar-refractivity contribution in [3.8, 4) is 0 Å². The quantitative estimate of drug-likeness (QED) is 0.729. The monoisotopic (exact) mass is 237 g/mol. The maximum absolute atomic E-state index is 13.0. The lowest BCUT2D eigenvalue weighted by Crippen LogP contribution is -2.26. The Morgan fingerprint density at radius 3 is 2.94 bits per heavy atom. The molecule has 2 rings (SSSR count). The van der Waals surface area contributed by atoms with E-state index in [1.165, 1.54) is 30.2 Å². The second kappa shape index (κ2) is 4.53. The molecule has 1 saturated heterocycles. The molecule has 1 fully saturated rings. The number of hydrogen-bond donors (Lipinski definition) is 0. The fourth-order valence-electron chi connectivity index (χ4n) is 1.93. The van der Waals surface area contributed by atoms with E-state index in [0.717, 1.165) is 0 Å². The Balaban J connectivity index is 2.18. The molecule has 0 N–H and O–H groups in total. The van der Waals surface area contributed by atoms with Crippen LogP contribution in [0.3, 0.4) is 0 Å². The summed E-state index contributed by atoms with van der Waals surface area (Å²) in [5.74, 6) is -1.46. The third-order valence-electron chi connectivity index (χ3n) is 2.78. The van der Waals surface area contributed by atoms with Gasteiger partial charge in [-0.15, -0.1) is 0 Å². The van der Waals surface area contributed by atoms with E-state index >= 15 is 0 Å². The average molecular weight is 237 g/mol. The summed E-state index contributed by atoms with van der Waals surface area (Å²) >= 11 is 0. The maximum Gasteiger partial charge on any atom is 0.311 e. The molecule has 1 aliphatic heterocycles. The Morgan fingerprint density at radius 2 is 2.29 bits per heavy atom. The molecule has 1 aliphatic rings. The predicted molar refractivity (Wildman–Crippen MR) is 58.9 cm³/mol. The highest BCUT2D eigenvalue weighted by molar-refractivity contribution is 5.99. The van der Waals surface area contributed by atoms with Crippen LogP contribution in [0, 0.1) is 11.7 Å². The molecule has 1 aromatic rings. The molecular formula is C12H12FNO3. The number of anilines is 1. The lowest BCUT2D eigenvalue weighted by atomic mass is 10.1. The number of ether oxygens (including phenoxy) is 1. The molecule has 17 heavy (non-hydrogen) atoms. The molecule has 4 nitrogen and oxygen atoms in total. The topological polar surface area (TPSA) is 46.6 Å². The van der Waals surface area contributed by atoms with E-state index in [9.17, 15) is 14.0 Å². The molecule has 0 bridgehead atoms. The molecule has 1 atom stereocenters. The molecule has 90 valence electrons. The largest absolute Gasteiger partial charge is 0.469 e. The van der Waals surface area contributed by atoms with Gasteiger partial charge in [-0.3, -0.25) is 9.59 Å². The fraction of sp³-hybridized carbons (Fsp3) is 0.333. The van der Waals surface area contributed by atoms with Gasteiger partial charge in [0.2, 0.25) is 5.91 Å². The van der Waals surface area contributed by atoms with E-state index < -0.39 is 17.7 Å². The van der Waals surface area contributed by atoms with Gasteiger partial charge >= 0.3 is 5.97 Å². The van der Waals surface area contributed by atoms with Gasteiger partial charge in [0.25, 0.3) is 0 Å². The van der Waals surface area contributed by atoms with Crippen LogP contribution in [0.4, 0.5) is 10.1 Å². The summed E-state index contributed by atoms with van der Waals surface area (Å²) in [6.07, 6.45) is 0.114. The summed E-state index contributed by atoms with van der Waals surface area (Å²) in [6, 6.07) is 5.75. The van der Waals surface area contributed by atoms with Crippen molar-refractivity contribution in [2.24, 2.45) is 5.92 Å². The van der Waals surface area contributed by atoms with E-state index in [-0.39, 0.29) is 18.9 Å². The number of halogens is 1. The number of amides is 1. The second-order valence-corrected chi connectivity index (χ2v) is 3.91. The first kappa shape index (κ1) is 11.6. The van der Waals surface area contributed by atoms with Crippen molar-refractivity contribution >= 4 is 17.6 Å². The summed E-state index contributed by atoms with van der Waals surface area (Å²) < 4.78 is 17.6. The number of benzene rings is 1. The number of methoxy groups -OCH3 is 1. The molecule has 0 aliphatic carbocycles. The summed E-state index contributed by atoms with van der Waals surface area (Å²) in [6.45, 7) is 0.245. The van der Waals surface area contributed by atoms with Gasteiger partial charge in [0.1, 0.15) is 5.82 Å². The van der Waals surface area contributed by atoms with Crippen LogP contribution in [0.1, 0.15) is 6.42 Å².